The minimum Gasteiger partial charge on any atom is -0.166 e. The Morgan fingerprint density at radius 1 is 0.541 bits per heavy atom. The van der Waals surface area contributed by atoms with Crippen LogP contribution in [0.4, 0.5) is 26.3 Å². The Morgan fingerprint density at radius 3 is 1.62 bits per heavy atom. The van der Waals surface area contributed by atoms with Gasteiger partial charge in [0.25, 0.3) is 0 Å². The summed E-state index contributed by atoms with van der Waals surface area (Å²) in [7, 11) is 0. The van der Waals surface area contributed by atoms with Crippen LogP contribution in [0.25, 0.3) is 53.5 Å². The molecule has 0 atom stereocenters. The van der Waals surface area contributed by atoms with Crippen molar-refractivity contribution in [3.8, 4) is 21.8 Å². The largest absolute Gasteiger partial charge is 0.416 e. The molecule has 6 aromatic rings. The van der Waals surface area contributed by atoms with Gasteiger partial charge >= 0.3 is 12.4 Å². The second-order valence-corrected chi connectivity index (χ2v) is 9.67. The SMILES string of the molecule is FC(F)(F)c1cc(-c2nnc(-c3cc4ccccc4s3)c3cc4ccccc4cc23)cc(C(F)(F)F)c1. The number of hydrogen-bond acceptors (Lipinski definition) is 3. The molecule has 0 saturated carbocycles. The van der Waals surface area contributed by atoms with Gasteiger partial charge in [-0.1, -0.05) is 42.5 Å². The van der Waals surface area contributed by atoms with E-state index in [0.29, 0.717) is 28.6 Å². The van der Waals surface area contributed by atoms with E-state index in [4.69, 9.17) is 0 Å². The van der Waals surface area contributed by atoms with Crippen molar-refractivity contribution in [1.29, 1.82) is 0 Å². The second kappa shape index (κ2) is 8.27. The summed E-state index contributed by atoms with van der Waals surface area (Å²) in [5.74, 6) is 0. The van der Waals surface area contributed by atoms with Crippen LogP contribution in [0.5, 0.6) is 0 Å². The Hall–Kier alpha value is -3.98. The van der Waals surface area contributed by atoms with Gasteiger partial charge in [0.1, 0.15) is 11.4 Å². The molecule has 0 bridgehead atoms. The first-order valence-corrected chi connectivity index (χ1v) is 11.9. The number of alkyl halides is 6. The lowest BCUT2D eigenvalue weighted by Gasteiger charge is -2.15. The highest BCUT2D eigenvalue weighted by Gasteiger charge is 2.37. The van der Waals surface area contributed by atoms with Gasteiger partial charge in [-0.05, 0) is 58.6 Å². The predicted octanol–water partition coefficient (Wildman–Crippen LogP) is 9.37. The van der Waals surface area contributed by atoms with E-state index >= 15 is 0 Å². The predicted molar refractivity (Wildman–Crippen MR) is 133 cm³/mol. The maximum Gasteiger partial charge on any atom is 0.416 e. The molecule has 6 rings (SSSR count). The van der Waals surface area contributed by atoms with Gasteiger partial charge in [0.15, 0.2) is 0 Å². The van der Waals surface area contributed by atoms with E-state index in [2.05, 4.69) is 10.2 Å². The Balaban J connectivity index is 1.67. The van der Waals surface area contributed by atoms with Crippen molar-refractivity contribution < 1.29 is 26.3 Å². The Bertz CT molecular complexity index is 1750. The van der Waals surface area contributed by atoms with E-state index < -0.39 is 23.5 Å². The summed E-state index contributed by atoms with van der Waals surface area (Å²) in [4.78, 5) is 0.792. The molecule has 2 heterocycles. The number of benzene rings is 4. The van der Waals surface area contributed by atoms with Gasteiger partial charge in [0, 0.05) is 21.0 Å². The molecule has 184 valence electrons. The lowest BCUT2D eigenvalue weighted by Crippen LogP contribution is -2.11. The standard InChI is InChI=1S/C28H14F6N2S/c29-27(30,31)19-9-18(10-20(14-19)28(32,33)34)25-21-11-15-5-1-2-6-16(15)12-22(21)26(36-35-25)24-13-17-7-3-4-8-23(17)37-24/h1-14H. The molecule has 0 spiro atoms. The van der Waals surface area contributed by atoms with Crippen LogP contribution in [0.3, 0.4) is 0 Å². The molecule has 0 fully saturated rings. The lowest BCUT2D eigenvalue weighted by molar-refractivity contribution is -0.143. The number of thiophene rings is 1. The van der Waals surface area contributed by atoms with Crippen LogP contribution in [0.15, 0.2) is 84.9 Å². The Labute approximate surface area is 209 Å². The molecule has 0 saturated heterocycles. The number of rotatable bonds is 2. The zero-order valence-electron chi connectivity index (χ0n) is 18.7. The molecular weight excluding hydrogens is 510 g/mol. The fourth-order valence-electron chi connectivity index (χ4n) is 4.43. The summed E-state index contributed by atoms with van der Waals surface area (Å²) in [5.41, 5.74) is -2.66. The highest BCUT2D eigenvalue weighted by molar-refractivity contribution is 7.22. The summed E-state index contributed by atoms with van der Waals surface area (Å²) in [6, 6.07) is 22.1. The van der Waals surface area contributed by atoms with Crippen molar-refractivity contribution >= 4 is 43.0 Å². The summed E-state index contributed by atoms with van der Waals surface area (Å²) in [6.45, 7) is 0. The second-order valence-electron chi connectivity index (χ2n) is 8.59. The van der Waals surface area contributed by atoms with Crippen LogP contribution in [0.2, 0.25) is 0 Å². The van der Waals surface area contributed by atoms with Crippen molar-refractivity contribution in [3.63, 3.8) is 0 Å². The minimum atomic E-state index is -4.97. The number of hydrogen-bond donors (Lipinski definition) is 0. The molecule has 4 aromatic carbocycles. The Morgan fingerprint density at radius 2 is 1.05 bits per heavy atom. The normalized spacial score (nSPS) is 12.6. The first-order chi connectivity index (χ1) is 17.6. The highest BCUT2D eigenvalue weighted by Crippen LogP contribution is 2.42. The van der Waals surface area contributed by atoms with E-state index in [1.807, 2.05) is 54.6 Å². The molecule has 0 amide bonds. The van der Waals surface area contributed by atoms with Crippen LogP contribution in [0, 0.1) is 0 Å². The fraction of sp³-hybridized carbons (Fsp3) is 0.0714. The monoisotopic (exact) mass is 524 g/mol. The first kappa shape index (κ1) is 23.4. The third-order valence-electron chi connectivity index (χ3n) is 6.17. The zero-order chi connectivity index (χ0) is 25.9. The molecule has 2 aromatic heterocycles. The summed E-state index contributed by atoms with van der Waals surface area (Å²) in [5, 5.41) is 12.2. The van der Waals surface area contributed by atoms with E-state index in [1.54, 1.807) is 12.1 Å². The first-order valence-electron chi connectivity index (χ1n) is 11.1. The molecule has 0 N–H and O–H groups in total. The van der Waals surface area contributed by atoms with Crippen LogP contribution >= 0.6 is 11.3 Å². The highest BCUT2D eigenvalue weighted by atomic mass is 32.1. The van der Waals surface area contributed by atoms with Crippen LogP contribution < -0.4 is 0 Å². The minimum absolute atomic E-state index is 0.0535. The molecule has 0 aliphatic heterocycles. The van der Waals surface area contributed by atoms with E-state index in [0.717, 1.165) is 25.7 Å². The molecule has 0 radical (unpaired) electrons. The third kappa shape index (κ3) is 4.19. The molecule has 0 unspecified atom stereocenters. The molecule has 37 heavy (non-hydrogen) atoms. The molecule has 0 aliphatic carbocycles. The molecule has 2 nitrogen and oxygen atoms in total. The maximum atomic E-state index is 13.6. The van der Waals surface area contributed by atoms with Crippen LogP contribution in [0.1, 0.15) is 11.1 Å². The molecule has 9 heteroatoms. The Kier molecular flexibility index (Phi) is 5.24. The summed E-state index contributed by atoms with van der Waals surface area (Å²) < 4.78 is 82.4. The van der Waals surface area contributed by atoms with Crippen molar-refractivity contribution in [2.45, 2.75) is 12.4 Å². The average Bonchev–Trinajstić information content (AvgIpc) is 3.29. The molecular formula is C28H14F6N2S. The van der Waals surface area contributed by atoms with Crippen molar-refractivity contribution in [3.05, 3.63) is 96.1 Å². The van der Waals surface area contributed by atoms with Gasteiger partial charge in [0.05, 0.1) is 16.0 Å². The molecule has 0 aliphatic rings. The van der Waals surface area contributed by atoms with Crippen molar-refractivity contribution in [1.82, 2.24) is 10.2 Å². The summed E-state index contributed by atoms with van der Waals surface area (Å²) >= 11 is 1.48. The third-order valence-corrected chi connectivity index (χ3v) is 7.29. The van der Waals surface area contributed by atoms with Crippen molar-refractivity contribution in [2.24, 2.45) is 0 Å². The van der Waals surface area contributed by atoms with Crippen LogP contribution in [-0.2, 0) is 12.4 Å². The van der Waals surface area contributed by atoms with E-state index in [1.165, 1.54) is 11.3 Å². The summed E-state index contributed by atoms with van der Waals surface area (Å²) in [6.07, 6.45) is -9.94. The topological polar surface area (TPSA) is 25.8 Å². The quantitative estimate of drug-likeness (QED) is 0.167. The fourth-order valence-corrected chi connectivity index (χ4v) is 5.49. The van der Waals surface area contributed by atoms with E-state index in [-0.39, 0.29) is 17.3 Å². The van der Waals surface area contributed by atoms with Gasteiger partial charge in [-0.3, -0.25) is 0 Å². The van der Waals surface area contributed by atoms with Gasteiger partial charge < -0.3 is 0 Å². The van der Waals surface area contributed by atoms with E-state index in [9.17, 15) is 26.3 Å². The average molecular weight is 524 g/mol. The number of aromatic nitrogens is 2. The lowest BCUT2D eigenvalue weighted by atomic mass is 9.96. The van der Waals surface area contributed by atoms with Gasteiger partial charge in [-0.2, -0.15) is 26.3 Å². The van der Waals surface area contributed by atoms with Gasteiger partial charge in [-0.25, -0.2) is 0 Å². The van der Waals surface area contributed by atoms with Crippen molar-refractivity contribution in [2.75, 3.05) is 0 Å². The van der Waals surface area contributed by atoms with Gasteiger partial charge in [-0.15, -0.1) is 21.5 Å². The van der Waals surface area contributed by atoms with Crippen LogP contribution in [-0.4, -0.2) is 10.2 Å². The smallest absolute Gasteiger partial charge is 0.166 e. The zero-order valence-corrected chi connectivity index (χ0v) is 19.5. The number of fused-ring (bicyclic) bond motifs is 3. The number of halogens is 6. The number of nitrogens with zero attached hydrogens (tertiary/aromatic N) is 2. The van der Waals surface area contributed by atoms with Gasteiger partial charge in [0.2, 0.25) is 0 Å². The maximum absolute atomic E-state index is 13.6.